The predicted octanol–water partition coefficient (Wildman–Crippen LogP) is 2.97. The van der Waals surface area contributed by atoms with Crippen LogP contribution in [0.3, 0.4) is 0 Å². The summed E-state index contributed by atoms with van der Waals surface area (Å²) in [5, 5.41) is 2.09. The number of sulfonamides is 1. The van der Waals surface area contributed by atoms with Gasteiger partial charge in [0.25, 0.3) is 10.0 Å². The molecule has 0 spiro atoms. The smallest absolute Gasteiger partial charge is 0.255 e. The summed E-state index contributed by atoms with van der Waals surface area (Å²) < 4.78 is 25.9. The fraction of sp³-hybridized carbons (Fsp3) is 0.182. The topological polar surface area (TPSA) is 59.1 Å². The van der Waals surface area contributed by atoms with Crippen LogP contribution < -0.4 is 4.72 Å². The van der Waals surface area contributed by atoms with Gasteiger partial charge in [0, 0.05) is 11.6 Å². The van der Waals surface area contributed by atoms with E-state index in [1.54, 1.807) is 29.8 Å². The molecule has 2 rings (SSSR count). The van der Waals surface area contributed by atoms with E-state index in [2.05, 4.69) is 9.71 Å². The molecule has 17 heavy (non-hydrogen) atoms. The second kappa shape index (κ2) is 6.36. The Morgan fingerprint density at radius 1 is 1.18 bits per heavy atom. The molecule has 0 fully saturated rings. The van der Waals surface area contributed by atoms with E-state index in [0.717, 1.165) is 0 Å². The van der Waals surface area contributed by atoms with Gasteiger partial charge in [-0.1, -0.05) is 32.0 Å². The number of benzene rings is 1. The summed E-state index contributed by atoms with van der Waals surface area (Å²) in [6.07, 6.45) is 1.55. The maximum Gasteiger partial charge on any atom is 0.263 e. The van der Waals surface area contributed by atoms with Gasteiger partial charge in [0.2, 0.25) is 0 Å². The fourth-order valence-corrected chi connectivity index (χ4v) is 2.86. The Bertz CT molecular complexity index is 522. The van der Waals surface area contributed by atoms with Crippen LogP contribution in [0.4, 0.5) is 5.13 Å². The van der Waals surface area contributed by atoms with E-state index in [1.165, 1.54) is 23.5 Å². The van der Waals surface area contributed by atoms with Gasteiger partial charge in [0.1, 0.15) is 0 Å². The molecule has 92 valence electrons. The monoisotopic (exact) mass is 270 g/mol. The molecule has 0 bridgehead atoms. The zero-order valence-corrected chi connectivity index (χ0v) is 11.3. The van der Waals surface area contributed by atoms with Gasteiger partial charge in [-0.15, -0.1) is 11.3 Å². The molecule has 0 saturated heterocycles. The molecule has 6 heteroatoms. The Morgan fingerprint density at radius 2 is 1.82 bits per heavy atom. The minimum atomic E-state index is -3.49. The number of aromatic nitrogens is 1. The highest BCUT2D eigenvalue weighted by atomic mass is 32.2. The minimum absolute atomic E-state index is 0.236. The van der Waals surface area contributed by atoms with Crippen LogP contribution in [0, 0.1) is 0 Å². The molecule has 4 nitrogen and oxygen atoms in total. The van der Waals surface area contributed by atoms with Crippen molar-refractivity contribution in [2.45, 2.75) is 18.7 Å². The molecular formula is C11H14N2O2S2. The average Bonchev–Trinajstić information content (AvgIpc) is 2.85. The number of anilines is 1. The standard InChI is InChI=1S/C9H8N2O2S2.C2H6/c12-15(13,8-4-2-1-3-5-8)11-9-10-6-7-14-9;1-2/h1-7H,(H,10,11);1-2H3. The SMILES string of the molecule is CC.O=S(=O)(Nc1nccs1)c1ccccc1. The first-order valence-electron chi connectivity index (χ1n) is 5.16. The van der Waals surface area contributed by atoms with Crippen molar-refractivity contribution in [2.24, 2.45) is 0 Å². The quantitative estimate of drug-likeness (QED) is 0.932. The highest BCUT2D eigenvalue weighted by Gasteiger charge is 2.13. The zero-order valence-electron chi connectivity index (χ0n) is 9.62. The van der Waals surface area contributed by atoms with E-state index >= 15 is 0 Å². The third-order valence-electron chi connectivity index (χ3n) is 1.71. The summed E-state index contributed by atoms with van der Waals surface area (Å²) in [6.45, 7) is 4.00. The second-order valence-electron chi connectivity index (χ2n) is 2.76. The summed E-state index contributed by atoms with van der Waals surface area (Å²) in [6, 6.07) is 8.20. The van der Waals surface area contributed by atoms with Gasteiger partial charge in [-0.25, -0.2) is 13.4 Å². The molecule has 1 N–H and O–H groups in total. The zero-order chi connectivity index (χ0) is 12.7. The van der Waals surface area contributed by atoms with Crippen LogP contribution in [-0.4, -0.2) is 13.4 Å². The number of hydrogen-bond acceptors (Lipinski definition) is 4. The van der Waals surface area contributed by atoms with Crippen molar-refractivity contribution >= 4 is 26.5 Å². The Hall–Kier alpha value is -1.40. The van der Waals surface area contributed by atoms with Crippen LogP contribution in [0.2, 0.25) is 0 Å². The minimum Gasteiger partial charge on any atom is -0.255 e. The maximum atomic E-state index is 11.8. The molecule has 0 aliphatic rings. The summed E-state index contributed by atoms with van der Waals surface area (Å²) in [4.78, 5) is 4.09. The van der Waals surface area contributed by atoms with Gasteiger partial charge in [-0.05, 0) is 12.1 Å². The van der Waals surface area contributed by atoms with Crippen molar-refractivity contribution in [3.05, 3.63) is 41.9 Å². The molecule has 0 aliphatic heterocycles. The number of nitrogens with zero attached hydrogens (tertiary/aromatic N) is 1. The lowest BCUT2D eigenvalue weighted by Crippen LogP contribution is -2.12. The lowest BCUT2D eigenvalue weighted by molar-refractivity contribution is 0.601. The molecule has 2 aromatic rings. The van der Waals surface area contributed by atoms with Crippen molar-refractivity contribution in [3.8, 4) is 0 Å². The third kappa shape index (κ3) is 3.83. The second-order valence-corrected chi connectivity index (χ2v) is 5.33. The Morgan fingerprint density at radius 3 is 2.35 bits per heavy atom. The van der Waals surface area contributed by atoms with E-state index in [1.807, 2.05) is 13.8 Å². The lowest BCUT2D eigenvalue weighted by atomic mass is 10.4. The van der Waals surface area contributed by atoms with Gasteiger partial charge >= 0.3 is 0 Å². The first kappa shape index (κ1) is 13.7. The van der Waals surface area contributed by atoms with Crippen molar-refractivity contribution in [1.29, 1.82) is 0 Å². The van der Waals surface area contributed by atoms with Crippen LogP contribution in [0.1, 0.15) is 13.8 Å². The van der Waals surface area contributed by atoms with Crippen LogP contribution in [0.5, 0.6) is 0 Å². The number of thiazole rings is 1. The molecule has 1 aromatic heterocycles. The van der Waals surface area contributed by atoms with Crippen LogP contribution in [-0.2, 0) is 10.0 Å². The third-order valence-corrected chi connectivity index (χ3v) is 3.88. The molecule has 1 aromatic carbocycles. The lowest BCUT2D eigenvalue weighted by Gasteiger charge is -2.03. The summed E-state index contributed by atoms with van der Waals surface area (Å²) >= 11 is 1.24. The van der Waals surface area contributed by atoms with Crippen molar-refractivity contribution in [2.75, 3.05) is 4.72 Å². The number of rotatable bonds is 3. The van der Waals surface area contributed by atoms with Gasteiger partial charge in [-0.3, -0.25) is 4.72 Å². The van der Waals surface area contributed by atoms with Gasteiger partial charge in [-0.2, -0.15) is 0 Å². The highest BCUT2D eigenvalue weighted by Crippen LogP contribution is 2.17. The highest BCUT2D eigenvalue weighted by molar-refractivity contribution is 7.93. The number of hydrogen-bond donors (Lipinski definition) is 1. The molecule has 0 amide bonds. The molecule has 1 heterocycles. The Balaban J connectivity index is 0.000000686. The molecule has 0 atom stereocenters. The molecular weight excluding hydrogens is 256 g/mol. The van der Waals surface area contributed by atoms with E-state index < -0.39 is 10.0 Å². The average molecular weight is 270 g/mol. The number of nitrogens with one attached hydrogen (secondary N) is 1. The van der Waals surface area contributed by atoms with E-state index in [0.29, 0.717) is 5.13 Å². The van der Waals surface area contributed by atoms with Crippen molar-refractivity contribution in [3.63, 3.8) is 0 Å². The molecule has 0 unspecified atom stereocenters. The summed E-state index contributed by atoms with van der Waals surface area (Å²) in [5.74, 6) is 0. The van der Waals surface area contributed by atoms with E-state index in [-0.39, 0.29) is 4.90 Å². The Kier molecular flexibility index (Phi) is 5.11. The fourth-order valence-electron chi connectivity index (χ4n) is 1.05. The van der Waals surface area contributed by atoms with E-state index in [9.17, 15) is 8.42 Å². The normalized spacial score (nSPS) is 10.2. The van der Waals surface area contributed by atoms with Crippen LogP contribution in [0.15, 0.2) is 46.8 Å². The predicted molar refractivity (Wildman–Crippen MR) is 70.7 cm³/mol. The Labute approximate surface area is 105 Å². The van der Waals surface area contributed by atoms with Gasteiger partial charge < -0.3 is 0 Å². The largest absolute Gasteiger partial charge is 0.263 e. The van der Waals surface area contributed by atoms with Crippen LogP contribution >= 0.6 is 11.3 Å². The van der Waals surface area contributed by atoms with E-state index in [4.69, 9.17) is 0 Å². The molecule has 0 aliphatic carbocycles. The van der Waals surface area contributed by atoms with Gasteiger partial charge in [0.05, 0.1) is 4.90 Å². The van der Waals surface area contributed by atoms with Crippen molar-refractivity contribution in [1.82, 2.24) is 4.98 Å². The van der Waals surface area contributed by atoms with Crippen LogP contribution in [0.25, 0.3) is 0 Å². The van der Waals surface area contributed by atoms with Crippen molar-refractivity contribution < 1.29 is 8.42 Å². The first-order chi connectivity index (χ1) is 8.18. The maximum absolute atomic E-state index is 11.8. The summed E-state index contributed by atoms with van der Waals surface area (Å²) in [7, 11) is -3.49. The molecule has 0 saturated carbocycles. The first-order valence-corrected chi connectivity index (χ1v) is 7.52. The van der Waals surface area contributed by atoms with Gasteiger partial charge in [0.15, 0.2) is 5.13 Å². The summed E-state index contributed by atoms with van der Waals surface area (Å²) in [5.41, 5.74) is 0. The molecule has 0 radical (unpaired) electrons.